The molecule has 0 bridgehead atoms. The van der Waals surface area contributed by atoms with E-state index in [9.17, 15) is 4.39 Å². The molecule has 0 amide bonds. The Morgan fingerprint density at radius 1 is 1.03 bits per heavy atom. The first kappa shape index (κ1) is 22.0. The Bertz CT molecular complexity index is 921. The Labute approximate surface area is 183 Å². The molecule has 148 valence electrons. The zero-order chi connectivity index (χ0) is 20.6. The molecule has 0 spiro atoms. The molecule has 0 radical (unpaired) electrons. The molecular formula is C24H29FLiN3. The monoisotopic (exact) mass is 385 g/mol. The van der Waals surface area contributed by atoms with Crippen LogP contribution in [0.15, 0.2) is 48.5 Å². The van der Waals surface area contributed by atoms with E-state index in [0.717, 1.165) is 42.7 Å². The third-order valence-electron chi connectivity index (χ3n) is 5.54. The normalized spacial score (nSPS) is 15.2. The van der Waals surface area contributed by atoms with Crippen molar-refractivity contribution in [2.45, 2.75) is 43.6 Å². The van der Waals surface area contributed by atoms with Gasteiger partial charge in [0.15, 0.2) is 0 Å². The molecule has 0 unspecified atom stereocenters. The van der Waals surface area contributed by atoms with Crippen LogP contribution in [0.25, 0.3) is 22.2 Å². The van der Waals surface area contributed by atoms with Gasteiger partial charge in [-0.05, 0) is 51.2 Å². The fraction of sp³-hybridized carbons (Fsp3) is 0.417. The standard InChI is InChI=1S/C20H20FN3.C4H9.Li/c1-24-12-10-14(11-13-24)20-22-18-9-5-3-7-16(18)19(23-20)15-6-2-4-8-17(15)21;1-3-4-2;/h2-9,14H,10-13H2,1H3;1,3-4H2,2H3;. The minimum atomic E-state index is -0.240. The molecule has 2 heterocycles. The molecule has 0 atom stereocenters. The number of unbranched alkanes of at least 4 members (excludes halogenated alkanes) is 1. The van der Waals surface area contributed by atoms with Crippen LogP contribution in [-0.4, -0.2) is 52.7 Å². The number of para-hydroxylation sites is 1. The Morgan fingerprint density at radius 2 is 1.72 bits per heavy atom. The zero-order valence-corrected chi connectivity index (χ0v) is 17.9. The minimum absolute atomic E-state index is 0.240. The molecule has 4 rings (SSSR count). The number of hydrogen-bond acceptors (Lipinski definition) is 3. The van der Waals surface area contributed by atoms with Crippen LogP contribution in [0.4, 0.5) is 4.39 Å². The number of piperidine rings is 1. The second-order valence-corrected chi connectivity index (χ2v) is 7.86. The van der Waals surface area contributed by atoms with Crippen LogP contribution in [0.1, 0.15) is 44.3 Å². The number of halogens is 1. The zero-order valence-electron chi connectivity index (χ0n) is 17.9. The average Bonchev–Trinajstić information content (AvgIpc) is 2.75. The van der Waals surface area contributed by atoms with Gasteiger partial charge in [-0.15, -0.1) is 0 Å². The van der Waals surface area contributed by atoms with E-state index in [1.54, 1.807) is 12.1 Å². The van der Waals surface area contributed by atoms with Gasteiger partial charge in [0, 0.05) is 16.9 Å². The first-order chi connectivity index (χ1) is 14.1. The van der Waals surface area contributed by atoms with Crippen molar-refractivity contribution in [1.82, 2.24) is 14.9 Å². The van der Waals surface area contributed by atoms with Crippen LogP contribution in [0, 0.1) is 5.82 Å². The van der Waals surface area contributed by atoms with Crippen molar-refractivity contribution in [2.75, 3.05) is 20.1 Å². The Balaban J connectivity index is 0.000000431. The SMILES string of the molecule is CN1CCC(c2nc(-c3ccccc3F)c3ccccc3n2)CC1.[Li][CH2]CCC. The molecule has 0 N–H and O–H groups in total. The van der Waals surface area contributed by atoms with Crippen molar-refractivity contribution in [2.24, 2.45) is 0 Å². The summed E-state index contributed by atoms with van der Waals surface area (Å²) in [6, 6.07) is 14.7. The van der Waals surface area contributed by atoms with Crippen LogP contribution in [-0.2, 0) is 0 Å². The van der Waals surface area contributed by atoms with Gasteiger partial charge in [-0.2, -0.15) is 0 Å². The third-order valence-corrected chi connectivity index (χ3v) is 5.54. The van der Waals surface area contributed by atoms with Gasteiger partial charge in [0.2, 0.25) is 0 Å². The van der Waals surface area contributed by atoms with Gasteiger partial charge < -0.3 is 4.90 Å². The summed E-state index contributed by atoms with van der Waals surface area (Å²) < 4.78 is 14.4. The van der Waals surface area contributed by atoms with Gasteiger partial charge in [0.05, 0.1) is 11.2 Å². The molecule has 2 aromatic carbocycles. The van der Waals surface area contributed by atoms with Crippen LogP contribution >= 0.6 is 0 Å². The summed E-state index contributed by atoms with van der Waals surface area (Å²) in [7, 11) is 2.14. The van der Waals surface area contributed by atoms with Crippen molar-refractivity contribution >= 4 is 28.6 Å². The Kier molecular flexibility index (Phi) is 8.24. The molecule has 0 saturated carbocycles. The predicted octanol–water partition coefficient (Wildman–Crippen LogP) is 5.62. The van der Waals surface area contributed by atoms with E-state index in [-0.39, 0.29) is 5.82 Å². The van der Waals surface area contributed by atoms with E-state index >= 15 is 0 Å². The number of nitrogens with zero attached hydrogens (tertiary/aromatic N) is 3. The molecule has 1 aliphatic heterocycles. The van der Waals surface area contributed by atoms with Crippen LogP contribution < -0.4 is 0 Å². The molecule has 3 aromatic rings. The van der Waals surface area contributed by atoms with Gasteiger partial charge in [0.1, 0.15) is 11.6 Å². The summed E-state index contributed by atoms with van der Waals surface area (Å²) in [5.74, 6) is 0.951. The first-order valence-corrected chi connectivity index (χ1v) is 10.8. The fourth-order valence-electron chi connectivity index (χ4n) is 3.76. The number of hydrogen-bond donors (Lipinski definition) is 0. The van der Waals surface area contributed by atoms with Gasteiger partial charge in [-0.3, -0.25) is 0 Å². The molecule has 1 saturated heterocycles. The number of rotatable bonds is 4. The molecule has 0 aliphatic carbocycles. The summed E-state index contributed by atoms with van der Waals surface area (Å²) in [4.78, 5) is 11.9. The molecular weight excluding hydrogens is 356 g/mol. The summed E-state index contributed by atoms with van der Waals surface area (Å²) in [6.45, 7) is 4.31. The van der Waals surface area contributed by atoms with Crippen molar-refractivity contribution in [1.29, 1.82) is 0 Å². The number of likely N-dealkylation sites (tertiary alicyclic amines) is 1. The Morgan fingerprint density at radius 3 is 2.38 bits per heavy atom. The van der Waals surface area contributed by atoms with E-state index in [0.29, 0.717) is 17.2 Å². The van der Waals surface area contributed by atoms with E-state index in [4.69, 9.17) is 9.97 Å². The van der Waals surface area contributed by atoms with E-state index in [2.05, 4.69) is 36.6 Å². The van der Waals surface area contributed by atoms with Gasteiger partial charge in [-0.25, -0.2) is 14.4 Å². The van der Waals surface area contributed by atoms with E-state index < -0.39 is 0 Å². The Hall–Kier alpha value is -1.73. The van der Waals surface area contributed by atoms with Crippen LogP contribution in [0.5, 0.6) is 0 Å². The topological polar surface area (TPSA) is 29.0 Å². The van der Waals surface area contributed by atoms with Crippen molar-refractivity contribution < 1.29 is 4.39 Å². The molecule has 1 aromatic heterocycles. The summed E-state index contributed by atoms with van der Waals surface area (Å²) in [5, 5.41) is 2.25. The maximum absolute atomic E-state index is 14.4. The van der Waals surface area contributed by atoms with Crippen molar-refractivity contribution in [3.8, 4) is 11.3 Å². The summed E-state index contributed by atoms with van der Waals surface area (Å²) >= 11 is 2.21. The quantitative estimate of drug-likeness (QED) is 0.546. The van der Waals surface area contributed by atoms with E-state index in [1.165, 1.54) is 24.0 Å². The molecule has 1 aliphatic rings. The van der Waals surface area contributed by atoms with Gasteiger partial charge in [-0.1, -0.05) is 30.3 Å². The second-order valence-electron chi connectivity index (χ2n) is 7.86. The van der Waals surface area contributed by atoms with Crippen molar-refractivity contribution in [3.63, 3.8) is 0 Å². The number of aromatic nitrogens is 2. The number of fused-ring (bicyclic) bond motifs is 1. The summed E-state index contributed by atoms with van der Waals surface area (Å²) in [6.07, 6.45) is 4.83. The molecule has 3 nitrogen and oxygen atoms in total. The third kappa shape index (κ3) is 5.66. The fourth-order valence-corrected chi connectivity index (χ4v) is 3.76. The van der Waals surface area contributed by atoms with Gasteiger partial charge in [0.25, 0.3) is 0 Å². The van der Waals surface area contributed by atoms with Gasteiger partial charge >= 0.3 is 42.6 Å². The van der Waals surface area contributed by atoms with Crippen molar-refractivity contribution in [3.05, 3.63) is 60.2 Å². The molecule has 1 fully saturated rings. The molecule has 29 heavy (non-hydrogen) atoms. The molecule has 5 heteroatoms. The van der Waals surface area contributed by atoms with Crippen LogP contribution in [0.3, 0.4) is 0 Å². The number of benzene rings is 2. The average molecular weight is 385 g/mol. The first-order valence-electron chi connectivity index (χ1n) is 10.8. The predicted molar refractivity (Wildman–Crippen MR) is 120 cm³/mol. The van der Waals surface area contributed by atoms with E-state index in [1.807, 2.05) is 30.3 Å². The van der Waals surface area contributed by atoms with Crippen LogP contribution in [0.2, 0.25) is 5.09 Å². The second kappa shape index (κ2) is 10.9. The summed E-state index contributed by atoms with van der Waals surface area (Å²) in [5.41, 5.74) is 2.14. The maximum atomic E-state index is 14.4.